The highest BCUT2D eigenvalue weighted by Crippen LogP contribution is 2.22. The Morgan fingerprint density at radius 1 is 1.20 bits per heavy atom. The van der Waals surface area contributed by atoms with Crippen molar-refractivity contribution in [3.63, 3.8) is 0 Å². The lowest BCUT2D eigenvalue weighted by Crippen LogP contribution is -2.35. The molecule has 0 saturated heterocycles. The number of anilines is 3. The van der Waals surface area contributed by atoms with Crippen molar-refractivity contribution in [3.8, 4) is 0 Å². The molecule has 0 spiro atoms. The molecule has 3 rings (SSSR count). The van der Waals surface area contributed by atoms with Crippen LogP contribution in [-0.4, -0.2) is 44.2 Å². The van der Waals surface area contributed by atoms with Gasteiger partial charge in [0.2, 0.25) is 11.9 Å². The van der Waals surface area contributed by atoms with Gasteiger partial charge in [-0.1, -0.05) is 42.4 Å². The largest absolute Gasteiger partial charge is 0.405 e. The van der Waals surface area contributed by atoms with Crippen LogP contribution in [0, 0.1) is 0 Å². The second kappa shape index (κ2) is 11.5. The van der Waals surface area contributed by atoms with Crippen LogP contribution in [0.4, 0.5) is 30.6 Å². The van der Waals surface area contributed by atoms with Crippen LogP contribution in [0.5, 0.6) is 0 Å². The predicted molar refractivity (Wildman–Crippen MR) is 124 cm³/mol. The lowest BCUT2D eigenvalue weighted by Gasteiger charge is -2.10. The van der Waals surface area contributed by atoms with E-state index in [0.717, 1.165) is 11.1 Å². The Labute approximate surface area is 203 Å². The number of carbonyl (C=O) groups excluding carboxylic acids is 2. The molecule has 9 nitrogen and oxygen atoms in total. The first kappa shape index (κ1) is 25.7. The molecule has 184 valence electrons. The fourth-order valence-corrected chi connectivity index (χ4v) is 3.06. The number of allylic oxidation sites excluding steroid dienone is 1. The average Bonchev–Trinajstić information content (AvgIpc) is 3.24. The molecular formula is C22H21ClF3N7O2. The van der Waals surface area contributed by atoms with Gasteiger partial charge in [0.05, 0.1) is 18.1 Å². The van der Waals surface area contributed by atoms with Gasteiger partial charge in [0.15, 0.2) is 11.6 Å². The van der Waals surface area contributed by atoms with Gasteiger partial charge < -0.3 is 16.0 Å². The van der Waals surface area contributed by atoms with Crippen LogP contribution in [0.3, 0.4) is 0 Å². The van der Waals surface area contributed by atoms with Crippen molar-refractivity contribution >= 4 is 40.7 Å². The maximum atomic E-state index is 12.2. The summed E-state index contributed by atoms with van der Waals surface area (Å²) in [5.41, 5.74) is 2.18. The van der Waals surface area contributed by atoms with Crippen LogP contribution in [0.2, 0.25) is 5.02 Å². The zero-order valence-electron chi connectivity index (χ0n) is 18.3. The third kappa shape index (κ3) is 8.41. The summed E-state index contributed by atoms with van der Waals surface area (Å²) < 4.78 is 37.8. The summed E-state index contributed by atoms with van der Waals surface area (Å²) >= 11 is 6.20. The Kier molecular flexibility index (Phi) is 8.42. The molecule has 2 heterocycles. The predicted octanol–water partition coefficient (Wildman–Crippen LogP) is 3.66. The minimum Gasteiger partial charge on any atom is -0.365 e. The Balaban J connectivity index is 1.59. The molecule has 3 N–H and O–H groups in total. The van der Waals surface area contributed by atoms with E-state index in [-0.39, 0.29) is 29.7 Å². The molecule has 0 aliphatic heterocycles. The first-order valence-electron chi connectivity index (χ1n) is 10.2. The smallest absolute Gasteiger partial charge is 0.365 e. The highest BCUT2D eigenvalue weighted by molar-refractivity contribution is 6.32. The van der Waals surface area contributed by atoms with Crippen molar-refractivity contribution in [2.75, 3.05) is 17.2 Å². The molecule has 0 saturated carbocycles. The molecule has 0 aliphatic carbocycles. The number of carbonyl (C=O) groups is 2. The highest BCUT2D eigenvalue weighted by Gasteiger charge is 2.27. The molecule has 13 heteroatoms. The standard InChI is InChI=1S/C22H21ClF3N7O2/c1-2-17(34)7-14-4-3-5-15(6-14)8-27-20-18(23)10-28-21(32-20)31-16-9-30-33(11-16)12-19(35)29-13-22(24,25)26/h2-6,9-11H,1,7-8,12-13H2,(H,29,35)(H2,27,28,31,32). The molecule has 0 fully saturated rings. The maximum Gasteiger partial charge on any atom is 0.405 e. The van der Waals surface area contributed by atoms with E-state index in [1.165, 1.54) is 29.3 Å². The van der Waals surface area contributed by atoms with Crippen LogP contribution in [0.1, 0.15) is 11.1 Å². The minimum absolute atomic E-state index is 0.0741. The van der Waals surface area contributed by atoms with Gasteiger partial charge in [0.25, 0.3) is 0 Å². The maximum absolute atomic E-state index is 12.2. The summed E-state index contributed by atoms with van der Waals surface area (Å²) in [5, 5.41) is 12.0. The summed E-state index contributed by atoms with van der Waals surface area (Å²) in [5.74, 6) is -0.363. The van der Waals surface area contributed by atoms with E-state index in [1.807, 2.05) is 24.3 Å². The average molecular weight is 508 g/mol. The monoisotopic (exact) mass is 507 g/mol. The lowest BCUT2D eigenvalue weighted by molar-refractivity contribution is -0.138. The van der Waals surface area contributed by atoms with E-state index < -0.39 is 18.6 Å². The number of nitrogens with one attached hydrogen (secondary N) is 3. The third-order valence-electron chi connectivity index (χ3n) is 4.48. The van der Waals surface area contributed by atoms with E-state index >= 15 is 0 Å². The highest BCUT2D eigenvalue weighted by atomic mass is 35.5. The van der Waals surface area contributed by atoms with Gasteiger partial charge in [-0.25, -0.2) is 4.98 Å². The van der Waals surface area contributed by atoms with Gasteiger partial charge in [-0.05, 0) is 17.2 Å². The second-order valence-corrected chi connectivity index (χ2v) is 7.76. The van der Waals surface area contributed by atoms with E-state index in [0.29, 0.717) is 18.1 Å². The van der Waals surface area contributed by atoms with Crippen LogP contribution >= 0.6 is 11.6 Å². The van der Waals surface area contributed by atoms with Gasteiger partial charge >= 0.3 is 6.18 Å². The summed E-state index contributed by atoms with van der Waals surface area (Å²) in [7, 11) is 0. The number of hydrogen-bond acceptors (Lipinski definition) is 7. The number of rotatable bonds is 11. The zero-order chi connectivity index (χ0) is 25.4. The van der Waals surface area contributed by atoms with E-state index in [9.17, 15) is 22.8 Å². The molecule has 35 heavy (non-hydrogen) atoms. The number of halogens is 4. The Hall–Kier alpha value is -3.93. The normalized spacial score (nSPS) is 11.1. The summed E-state index contributed by atoms with van der Waals surface area (Å²) in [4.78, 5) is 31.6. The Morgan fingerprint density at radius 2 is 1.97 bits per heavy atom. The number of aromatic nitrogens is 4. The number of hydrogen-bond donors (Lipinski definition) is 3. The molecule has 0 aliphatic rings. The van der Waals surface area contributed by atoms with Gasteiger partial charge in [-0.2, -0.15) is 23.3 Å². The molecule has 1 aromatic carbocycles. The van der Waals surface area contributed by atoms with Crippen molar-refractivity contribution < 1.29 is 22.8 Å². The SMILES string of the molecule is C=CC(=O)Cc1cccc(CNc2nc(Nc3cnn(CC(=O)NCC(F)(F)F)c3)ncc2Cl)c1. The lowest BCUT2D eigenvalue weighted by atomic mass is 10.1. The Bertz CT molecular complexity index is 1210. The van der Waals surface area contributed by atoms with Gasteiger partial charge in [-0.15, -0.1) is 0 Å². The Morgan fingerprint density at radius 3 is 2.71 bits per heavy atom. The summed E-state index contributed by atoms with van der Waals surface area (Å²) in [6.07, 6.45) is 1.25. The van der Waals surface area contributed by atoms with Crippen LogP contribution in [0.15, 0.2) is 55.5 Å². The molecule has 0 bridgehead atoms. The minimum atomic E-state index is -4.49. The molecule has 3 aromatic rings. The fraction of sp³-hybridized carbons (Fsp3) is 0.227. The van der Waals surface area contributed by atoms with Crippen molar-refractivity contribution in [1.29, 1.82) is 0 Å². The van der Waals surface area contributed by atoms with Gasteiger partial charge in [0.1, 0.15) is 18.1 Å². The van der Waals surface area contributed by atoms with Crippen molar-refractivity contribution in [2.45, 2.75) is 25.7 Å². The summed E-state index contributed by atoms with van der Waals surface area (Å²) in [6.45, 7) is 2.06. The van der Waals surface area contributed by atoms with Gasteiger partial charge in [0, 0.05) is 19.2 Å². The molecule has 1 amide bonds. The van der Waals surface area contributed by atoms with Crippen molar-refractivity contribution in [3.05, 3.63) is 71.7 Å². The van der Waals surface area contributed by atoms with Crippen molar-refractivity contribution in [2.24, 2.45) is 0 Å². The number of alkyl halides is 3. The van der Waals surface area contributed by atoms with Crippen LogP contribution in [-0.2, 0) is 29.1 Å². The van der Waals surface area contributed by atoms with E-state index in [4.69, 9.17) is 11.6 Å². The zero-order valence-corrected chi connectivity index (χ0v) is 19.0. The number of nitrogens with zero attached hydrogens (tertiary/aromatic N) is 4. The first-order chi connectivity index (χ1) is 16.6. The number of amides is 1. The topological polar surface area (TPSA) is 114 Å². The van der Waals surface area contributed by atoms with E-state index in [1.54, 1.807) is 5.32 Å². The molecule has 0 unspecified atom stereocenters. The molecule has 0 atom stereocenters. The van der Waals surface area contributed by atoms with Crippen LogP contribution in [0.25, 0.3) is 0 Å². The molecule has 2 aromatic heterocycles. The molecular weight excluding hydrogens is 487 g/mol. The number of ketones is 1. The summed E-state index contributed by atoms with van der Waals surface area (Å²) in [6, 6.07) is 7.48. The van der Waals surface area contributed by atoms with E-state index in [2.05, 4.69) is 32.3 Å². The first-order valence-corrected chi connectivity index (χ1v) is 10.6. The van der Waals surface area contributed by atoms with Crippen molar-refractivity contribution in [1.82, 2.24) is 25.1 Å². The number of benzene rings is 1. The van der Waals surface area contributed by atoms with Crippen LogP contribution < -0.4 is 16.0 Å². The van der Waals surface area contributed by atoms with Gasteiger partial charge in [-0.3, -0.25) is 14.3 Å². The molecule has 0 radical (unpaired) electrons. The quantitative estimate of drug-likeness (QED) is 0.339. The fourth-order valence-electron chi connectivity index (χ4n) is 2.91. The second-order valence-electron chi connectivity index (χ2n) is 7.35. The third-order valence-corrected chi connectivity index (χ3v) is 4.76.